The number of phenols is 1. The molecule has 0 atom stereocenters. The first kappa shape index (κ1) is 12.6. The zero-order chi connectivity index (χ0) is 13.1. The normalized spacial score (nSPS) is 10.1. The summed E-state index contributed by atoms with van der Waals surface area (Å²) in [6.45, 7) is 1.83. The highest BCUT2D eigenvalue weighted by Gasteiger charge is 2.08. The van der Waals surface area contributed by atoms with Crippen LogP contribution < -0.4 is 5.32 Å². The van der Waals surface area contributed by atoms with Gasteiger partial charge in [0, 0.05) is 15.7 Å². The van der Waals surface area contributed by atoms with Crippen LogP contribution in [0.4, 0.5) is 5.69 Å². The molecule has 0 saturated carbocycles. The number of amides is 1. The lowest BCUT2D eigenvalue weighted by Crippen LogP contribution is -2.12. The summed E-state index contributed by atoms with van der Waals surface area (Å²) in [5, 5.41) is 12.1. The molecule has 0 bridgehead atoms. The van der Waals surface area contributed by atoms with Crippen LogP contribution in [0.1, 0.15) is 15.9 Å². The molecule has 0 saturated heterocycles. The number of benzene rings is 2. The van der Waals surface area contributed by atoms with Gasteiger partial charge < -0.3 is 10.4 Å². The third-order valence-electron chi connectivity index (χ3n) is 2.54. The minimum atomic E-state index is -0.176. The first-order valence-electron chi connectivity index (χ1n) is 5.43. The first-order valence-corrected chi connectivity index (χ1v) is 6.22. The number of hydrogen-bond donors (Lipinski definition) is 2. The Labute approximate surface area is 114 Å². The molecular formula is C14H12BrNO2. The summed E-state index contributed by atoms with van der Waals surface area (Å²) in [4.78, 5) is 12.0. The summed E-state index contributed by atoms with van der Waals surface area (Å²) < 4.78 is 0.859. The van der Waals surface area contributed by atoms with Crippen molar-refractivity contribution in [3.05, 3.63) is 58.1 Å². The third-order valence-corrected chi connectivity index (χ3v) is 3.04. The van der Waals surface area contributed by atoms with E-state index in [0.29, 0.717) is 11.3 Å². The minimum Gasteiger partial charge on any atom is -0.508 e. The molecule has 0 aliphatic heterocycles. The van der Waals surface area contributed by atoms with Crippen molar-refractivity contribution >= 4 is 27.5 Å². The highest BCUT2D eigenvalue weighted by molar-refractivity contribution is 9.10. The molecule has 0 spiro atoms. The smallest absolute Gasteiger partial charge is 0.255 e. The monoisotopic (exact) mass is 305 g/mol. The van der Waals surface area contributed by atoms with E-state index in [1.54, 1.807) is 30.3 Å². The summed E-state index contributed by atoms with van der Waals surface area (Å²) in [7, 11) is 0. The van der Waals surface area contributed by atoms with Gasteiger partial charge in [-0.3, -0.25) is 4.79 Å². The van der Waals surface area contributed by atoms with Gasteiger partial charge in [0.1, 0.15) is 5.75 Å². The van der Waals surface area contributed by atoms with Crippen LogP contribution in [0.25, 0.3) is 0 Å². The number of hydrogen-bond acceptors (Lipinski definition) is 2. The fourth-order valence-electron chi connectivity index (χ4n) is 1.61. The maximum atomic E-state index is 12.0. The number of anilines is 1. The van der Waals surface area contributed by atoms with Crippen molar-refractivity contribution in [2.45, 2.75) is 6.92 Å². The number of rotatable bonds is 2. The molecule has 2 aromatic rings. The molecule has 1 amide bonds. The topological polar surface area (TPSA) is 49.3 Å². The van der Waals surface area contributed by atoms with Crippen LogP contribution >= 0.6 is 15.9 Å². The molecule has 92 valence electrons. The molecular weight excluding hydrogens is 294 g/mol. The molecule has 3 nitrogen and oxygen atoms in total. The van der Waals surface area contributed by atoms with E-state index in [4.69, 9.17) is 0 Å². The van der Waals surface area contributed by atoms with Gasteiger partial charge in [0.05, 0.1) is 0 Å². The molecule has 4 heteroatoms. The summed E-state index contributed by atoms with van der Waals surface area (Å²) >= 11 is 3.33. The molecule has 0 aliphatic carbocycles. The van der Waals surface area contributed by atoms with Gasteiger partial charge in [-0.1, -0.05) is 22.0 Å². The number of phenolic OH excluding ortho intramolecular Hbond substituents is 1. The lowest BCUT2D eigenvalue weighted by molar-refractivity contribution is 0.102. The van der Waals surface area contributed by atoms with Crippen molar-refractivity contribution in [2.75, 3.05) is 5.32 Å². The van der Waals surface area contributed by atoms with Crippen LogP contribution in [-0.4, -0.2) is 11.0 Å². The second kappa shape index (κ2) is 5.23. The summed E-state index contributed by atoms with van der Waals surface area (Å²) in [5.74, 6) is 0.0121. The van der Waals surface area contributed by atoms with Crippen molar-refractivity contribution in [2.24, 2.45) is 0 Å². The largest absolute Gasteiger partial charge is 0.508 e. The number of nitrogens with one attached hydrogen (secondary N) is 1. The molecule has 18 heavy (non-hydrogen) atoms. The van der Waals surface area contributed by atoms with Gasteiger partial charge in [-0.25, -0.2) is 0 Å². The predicted octanol–water partition coefficient (Wildman–Crippen LogP) is 3.72. The van der Waals surface area contributed by atoms with Crippen LogP contribution in [-0.2, 0) is 0 Å². The first-order chi connectivity index (χ1) is 8.56. The number of aromatic hydroxyl groups is 1. The molecule has 0 fully saturated rings. The van der Waals surface area contributed by atoms with Crippen LogP contribution in [0, 0.1) is 6.92 Å². The molecule has 2 N–H and O–H groups in total. The number of halogens is 1. The van der Waals surface area contributed by atoms with Crippen molar-refractivity contribution in [3.63, 3.8) is 0 Å². The third kappa shape index (κ3) is 2.90. The molecule has 2 rings (SSSR count). The maximum absolute atomic E-state index is 12.0. The van der Waals surface area contributed by atoms with Gasteiger partial charge in [-0.2, -0.15) is 0 Å². The number of carbonyl (C=O) groups is 1. The molecule has 0 unspecified atom stereocenters. The highest BCUT2D eigenvalue weighted by atomic mass is 79.9. The lowest BCUT2D eigenvalue weighted by Gasteiger charge is -2.08. The SMILES string of the molecule is Cc1cc(O)ccc1NC(=O)c1cccc(Br)c1. The molecule has 0 aromatic heterocycles. The molecule has 2 aromatic carbocycles. The average molecular weight is 306 g/mol. The van der Waals surface area contributed by atoms with Gasteiger partial charge in [-0.05, 0) is 48.9 Å². The predicted molar refractivity (Wildman–Crippen MR) is 74.9 cm³/mol. The summed E-state index contributed by atoms with van der Waals surface area (Å²) in [6, 6.07) is 12.0. The average Bonchev–Trinajstić information content (AvgIpc) is 2.32. The van der Waals surface area contributed by atoms with Gasteiger partial charge >= 0.3 is 0 Å². The van der Waals surface area contributed by atoms with E-state index in [9.17, 15) is 9.90 Å². The molecule has 0 heterocycles. The van der Waals surface area contributed by atoms with Crippen molar-refractivity contribution < 1.29 is 9.90 Å². The van der Waals surface area contributed by atoms with Crippen molar-refractivity contribution in [1.29, 1.82) is 0 Å². The van der Waals surface area contributed by atoms with E-state index in [-0.39, 0.29) is 11.7 Å². The number of aryl methyl sites for hydroxylation is 1. The fraction of sp³-hybridized carbons (Fsp3) is 0.0714. The van der Waals surface area contributed by atoms with Crippen LogP contribution in [0.2, 0.25) is 0 Å². The maximum Gasteiger partial charge on any atom is 0.255 e. The van der Waals surface area contributed by atoms with Gasteiger partial charge in [0.15, 0.2) is 0 Å². The van der Waals surface area contributed by atoms with E-state index < -0.39 is 0 Å². The van der Waals surface area contributed by atoms with E-state index in [2.05, 4.69) is 21.2 Å². The van der Waals surface area contributed by atoms with E-state index in [1.165, 1.54) is 0 Å². The zero-order valence-electron chi connectivity index (χ0n) is 9.77. The van der Waals surface area contributed by atoms with Gasteiger partial charge in [-0.15, -0.1) is 0 Å². The van der Waals surface area contributed by atoms with Crippen LogP contribution in [0.5, 0.6) is 5.75 Å². The minimum absolute atomic E-state index is 0.176. The Kier molecular flexibility index (Phi) is 3.67. The van der Waals surface area contributed by atoms with Crippen LogP contribution in [0.15, 0.2) is 46.9 Å². The Morgan fingerprint density at radius 3 is 2.67 bits per heavy atom. The van der Waals surface area contributed by atoms with Gasteiger partial charge in [0.25, 0.3) is 5.91 Å². The second-order valence-electron chi connectivity index (χ2n) is 3.96. The number of carbonyl (C=O) groups excluding carboxylic acids is 1. The summed E-state index contributed by atoms with van der Waals surface area (Å²) in [5.41, 5.74) is 2.09. The molecule has 0 radical (unpaired) electrons. The van der Waals surface area contributed by atoms with E-state index >= 15 is 0 Å². The summed E-state index contributed by atoms with van der Waals surface area (Å²) in [6.07, 6.45) is 0. The quantitative estimate of drug-likeness (QED) is 0.831. The zero-order valence-corrected chi connectivity index (χ0v) is 11.4. The van der Waals surface area contributed by atoms with Crippen molar-refractivity contribution in [1.82, 2.24) is 0 Å². The highest BCUT2D eigenvalue weighted by Crippen LogP contribution is 2.21. The fourth-order valence-corrected chi connectivity index (χ4v) is 2.01. The Bertz CT molecular complexity index is 596. The lowest BCUT2D eigenvalue weighted by atomic mass is 10.1. The van der Waals surface area contributed by atoms with Crippen LogP contribution in [0.3, 0.4) is 0 Å². The molecule has 0 aliphatic rings. The Morgan fingerprint density at radius 2 is 2.00 bits per heavy atom. The van der Waals surface area contributed by atoms with Gasteiger partial charge in [0.2, 0.25) is 0 Å². The van der Waals surface area contributed by atoms with E-state index in [1.807, 2.05) is 19.1 Å². The Hall–Kier alpha value is -1.81. The van der Waals surface area contributed by atoms with E-state index in [0.717, 1.165) is 10.0 Å². The second-order valence-corrected chi connectivity index (χ2v) is 4.88. The Balaban J connectivity index is 2.21. The van der Waals surface area contributed by atoms with Crippen molar-refractivity contribution in [3.8, 4) is 5.75 Å². The Morgan fingerprint density at radius 1 is 1.22 bits per heavy atom. The standard InChI is InChI=1S/C14H12BrNO2/c1-9-7-12(17)5-6-13(9)16-14(18)10-3-2-4-11(15)8-10/h2-8,17H,1H3,(H,16,18).